The van der Waals surface area contributed by atoms with E-state index >= 15 is 0 Å². The molecule has 12 nitrogen and oxygen atoms in total. The van der Waals surface area contributed by atoms with Crippen molar-refractivity contribution in [3.63, 3.8) is 0 Å². The number of hydrogen-bond donors (Lipinski definition) is 3. The van der Waals surface area contributed by atoms with Crippen molar-refractivity contribution in [1.29, 1.82) is 0 Å². The molecule has 13 heteroatoms. The number of nitrogens with one attached hydrogen (secondary N) is 1. The number of hydrogen-bond acceptors (Lipinski definition) is 10. The maximum atomic E-state index is 12.5. The van der Waals surface area contributed by atoms with E-state index in [4.69, 9.17) is 10.5 Å². The number of phenolic OH excluding ortho intramolecular Hbond substituents is 1. The van der Waals surface area contributed by atoms with E-state index < -0.39 is 5.91 Å². The lowest BCUT2D eigenvalue weighted by atomic mass is 10.2. The largest absolute Gasteiger partial charge is 0.503 e. The van der Waals surface area contributed by atoms with E-state index in [9.17, 15) is 9.90 Å². The lowest BCUT2D eigenvalue weighted by Gasteiger charge is -2.08. The third-order valence-corrected chi connectivity index (χ3v) is 4.34. The van der Waals surface area contributed by atoms with Gasteiger partial charge in [-0.15, -0.1) is 5.10 Å². The molecule has 0 saturated carbocycles. The van der Waals surface area contributed by atoms with Crippen LogP contribution in [-0.2, 0) is 6.42 Å². The summed E-state index contributed by atoms with van der Waals surface area (Å²) in [7, 11) is 0. The zero-order valence-corrected chi connectivity index (χ0v) is 17.0. The van der Waals surface area contributed by atoms with Crippen molar-refractivity contribution in [1.82, 2.24) is 30.7 Å². The fourth-order valence-corrected chi connectivity index (χ4v) is 2.92. The van der Waals surface area contributed by atoms with Crippen LogP contribution in [0.5, 0.6) is 11.5 Å². The number of nitrogens with zero attached hydrogens (tertiary/aromatic N) is 6. The van der Waals surface area contributed by atoms with E-state index in [1.165, 1.54) is 10.9 Å². The first-order valence-corrected chi connectivity index (χ1v) is 9.27. The van der Waals surface area contributed by atoms with Crippen molar-refractivity contribution in [2.24, 2.45) is 5.10 Å². The molecule has 0 radical (unpaired) electrons. The van der Waals surface area contributed by atoms with Gasteiger partial charge in [0.15, 0.2) is 17.2 Å². The first-order chi connectivity index (χ1) is 14.0. The number of nitrogen functional groups attached to an aromatic ring is 1. The Labute approximate surface area is 172 Å². The van der Waals surface area contributed by atoms with E-state index in [0.717, 1.165) is 0 Å². The summed E-state index contributed by atoms with van der Waals surface area (Å²) in [4.78, 5) is 12.5. The molecule has 2 heterocycles. The Hall–Kier alpha value is -3.48. The van der Waals surface area contributed by atoms with Crippen molar-refractivity contribution < 1.29 is 19.3 Å². The molecular weight excluding hydrogens is 448 g/mol. The molecule has 0 spiro atoms. The monoisotopic (exact) mass is 464 g/mol. The third kappa shape index (κ3) is 4.18. The SMILES string of the molecule is CCOc1cc(C=NNC(=O)c2nnn(-c3nonc3N)c2CC)cc(Br)c1O. The summed E-state index contributed by atoms with van der Waals surface area (Å²) in [6, 6.07) is 3.22. The van der Waals surface area contributed by atoms with Gasteiger partial charge in [-0.05, 0) is 57.3 Å². The van der Waals surface area contributed by atoms with Gasteiger partial charge in [-0.3, -0.25) is 4.79 Å². The molecule has 0 aliphatic rings. The molecule has 0 bridgehead atoms. The molecule has 0 saturated heterocycles. The smallest absolute Gasteiger partial charge is 0.293 e. The van der Waals surface area contributed by atoms with Crippen LogP contribution in [0.25, 0.3) is 5.82 Å². The number of aromatic nitrogens is 5. The van der Waals surface area contributed by atoms with Gasteiger partial charge in [-0.1, -0.05) is 12.1 Å². The Bertz CT molecular complexity index is 1060. The number of hydrazone groups is 1. The molecule has 1 aromatic carbocycles. The molecule has 0 aliphatic carbocycles. The number of ether oxygens (including phenoxy) is 1. The van der Waals surface area contributed by atoms with Gasteiger partial charge in [-0.25, -0.2) is 10.1 Å². The highest BCUT2D eigenvalue weighted by atomic mass is 79.9. The summed E-state index contributed by atoms with van der Waals surface area (Å²) in [5.74, 6) is -0.113. The number of halogens is 1. The number of carbonyl (C=O) groups is 1. The number of phenols is 1. The summed E-state index contributed by atoms with van der Waals surface area (Å²) in [6.07, 6.45) is 1.83. The highest BCUT2D eigenvalue weighted by molar-refractivity contribution is 9.10. The first-order valence-electron chi connectivity index (χ1n) is 8.47. The van der Waals surface area contributed by atoms with E-state index in [-0.39, 0.29) is 23.1 Å². The van der Waals surface area contributed by atoms with E-state index in [0.29, 0.717) is 34.5 Å². The third-order valence-electron chi connectivity index (χ3n) is 3.74. The van der Waals surface area contributed by atoms with Gasteiger partial charge >= 0.3 is 0 Å². The van der Waals surface area contributed by atoms with Gasteiger partial charge in [0.2, 0.25) is 11.6 Å². The van der Waals surface area contributed by atoms with Gasteiger partial charge in [0, 0.05) is 0 Å². The van der Waals surface area contributed by atoms with Gasteiger partial charge in [0.05, 0.1) is 23.0 Å². The second-order valence-corrected chi connectivity index (χ2v) is 6.46. The Balaban J connectivity index is 1.78. The van der Waals surface area contributed by atoms with Crippen LogP contribution in [0.15, 0.2) is 26.3 Å². The molecular formula is C16H17BrN8O4. The fraction of sp³-hybridized carbons (Fsp3) is 0.250. The summed E-state index contributed by atoms with van der Waals surface area (Å²) < 4.78 is 11.6. The van der Waals surface area contributed by atoms with Crippen LogP contribution < -0.4 is 15.9 Å². The Morgan fingerprint density at radius 3 is 2.90 bits per heavy atom. The van der Waals surface area contributed by atoms with Crippen LogP contribution in [0.4, 0.5) is 5.82 Å². The topological polar surface area (TPSA) is 167 Å². The molecule has 0 unspecified atom stereocenters. The molecule has 2 aromatic heterocycles. The molecule has 29 heavy (non-hydrogen) atoms. The van der Waals surface area contributed by atoms with Crippen molar-refractivity contribution in [3.05, 3.63) is 33.6 Å². The average molecular weight is 465 g/mol. The number of amides is 1. The van der Waals surface area contributed by atoms with E-state index in [2.05, 4.69) is 51.7 Å². The van der Waals surface area contributed by atoms with Crippen LogP contribution in [0.1, 0.15) is 35.6 Å². The summed E-state index contributed by atoms with van der Waals surface area (Å²) in [6.45, 7) is 4.01. The fourth-order valence-electron chi connectivity index (χ4n) is 2.46. The number of benzene rings is 1. The summed E-state index contributed by atoms with van der Waals surface area (Å²) >= 11 is 3.24. The maximum Gasteiger partial charge on any atom is 0.293 e. The van der Waals surface area contributed by atoms with Gasteiger partial charge in [0.1, 0.15) is 0 Å². The number of rotatable bonds is 7. The molecule has 3 aromatic rings. The number of aromatic hydroxyl groups is 1. The predicted octanol–water partition coefficient (Wildman–Crippen LogP) is 1.43. The standard InChI is InChI=1S/C16H17BrN8O4/c1-3-10-12(20-24-25(10)15-14(18)22-29-23-15)16(27)21-19-7-8-5-9(17)13(26)11(6-8)28-4-2/h5-7,26H,3-4H2,1-2H3,(H2,18,22)(H,21,27). The highest BCUT2D eigenvalue weighted by Gasteiger charge is 2.22. The van der Waals surface area contributed by atoms with Gasteiger partial charge < -0.3 is 15.6 Å². The van der Waals surface area contributed by atoms with Crippen LogP contribution in [-0.4, -0.2) is 49.1 Å². The van der Waals surface area contributed by atoms with Crippen LogP contribution in [0.3, 0.4) is 0 Å². The van der Waals surface area contributed by atoms with E-state index in [1.807, 2.05) is 6.92 Å². The normalized spacial score (nSPS) is 11.1. The molecule has 0 fully saturated rings. The first kappa shape index (κ1) is 20.3. The Morgan fingerprint density at radius 2 is 2.24 bits per heavy atom. The van der Waals surface area contributed by atoms with Crippen LogP contribution >= 0.6 is 15.9 Å². The second kappa shape index (κ2) is 8.68. The quantitative estimate of drug-likeness (QED) is 0.345. The number of anilines is 1. The van der Waals surface area contributed by atoms with Crippen molar-refractivity contribution in [2.45, 2.75) is 20.3 Å². The van der Waals surface area contributed by atoms with Crippen LogP contribution in [0.2, 0.25) is 0 Å². The zero-order chi connectivity index (χ0) is 21.0. The van der Waals surface area contributed by atoms with Gasteiger partial charge in [0.25, 0.3) is 5.91 Å². The van der Waals surface area contributed by atoms with E-state index in [1.54, 1.807) is 19.1 Å². The minimum absolute atomic E-state index is 0.0149. The minimum Gasteiger partial charge on any atom is -0.503 e. The molecule has 1 amide bonds. The van der Waals surface area contributed by atoms with Crippen molar-refractivity contribution in [2.75, 3.05) is 12.3 Å². The molecule has 152 valence electrons. The minimum atomic E-state index is -0.567. The molecule has 0 aliphatic heterocycles. The van der Waals surface area contributed by atoms with Crippen molar-refractivity contribution >= 4 is 33.9 Å². The second-order valence-electron chi connectivity index (χ2n) is 5.60. The maximum absolute atomic E-state index is 12.5. The lowest BCUT2D eigenvalue weighted by Crippen LogP contribution is -2.20. The molecule has 0 atom stereocenters. The number of nitrogens with two attached hydrogens (primary N) is 1. The Kier molecular flexibility index (Phi) is 6.07. The lowest BCUT2D eigenvalue weighted by molar-refractivity contribution is 0.0949. The average Bonchev–Trinajstić information content (AvgIpc) is 3.31. The Morgan fingerprint density at radius 1 is 1.45 bits per heavy atom. The van der Waals surface area contributed by atoms with Gasteiger partial charge in [-0.2, -0.15) is 9.78 Å². The molecule has 4 N–H and O–H groups in total. The molecule has 3 rings (SSSR count). The zero-order valence-electron chi connectivity index (χ0n) is 15.5. The van der Waals surface area contributed by atoms with Crippen LogP contribution in [0, 0.1) is 0 Å². The summed E-state index contributed by atoms with van der Waals surface area (Å²) in [5, 5.41) is 28.8. The predicted molar refractivity (Wildman–Crippen MR) is 105 cm³/mol. The summed E-state index contributed by atoms with van der Waals surface area (Å²) in [5.41, 5.74) is 9.18. The number of carbonyl (C=O) groups excluding carboxylic acids is 1. The highest BCUT2D eigenvalue weighted by Crippen LogP contribution is 2.35. The van der Waals surface area contributed by atoms with Crippen molar-refractivity contribution in [3.8, 4) is 17.3 Å².